The van der Waals surface area contributed by atoms with E-state index in [-0.39, 0.29) is 10.9 Å². The largest absolute Gasteiger partial charge is 0.242 e. The second-order valence-corrected chi connectivity index (χ2v) is 7.92. The topological polar surface area (TPSA) is 46.2 Å². The average Bonchev–Trinajstić information content (AvgIpc) is 2.92. The van der Waals surface area contributed by atoms with Crippen molar-refractivity contribution >= 4 is 37.3 Å². The van der Waals surface area contributed by atoms with Gasteiger partial charge >= 0.3 is 0 Å². The molecule has 1 N–H and O–H groups in total. The Hall–Kier alpha value is -0.690. The molecule has 0 amide bonds. The summed E-state index contributed by atoms with van der Waals surface area (Å²) < 4.78 is 28.4. The van der Waals surface area contributed by atoms with Crippen LogP contribution in [0.5, 0.6) is 0 Å². The molecule has 1 aromatic carbocycles. The van der Waals surface area contributed by atoms with E-state index in [1.54, 1.807) is 35.6 Å². The maximum Gasteiger partial charge on any atom is 0.242 e. The van der Waals surface area contributed by atoms with Crippen LogP contribution in [0.3, 0.4) is 0 Å². The molecule has 1 atom stereocenters. The van der Waals surface area contributed by atoms with Crippen LogP contribution in [0.4, 0.5) is 0 Å². The zero-order valence-corrected chi connectivity index (χ0v) is 14.3. The van der Waals surface area contributed by atoms with Crippen LogP contribution >= 0.6 is 27.3 Å². The van der Waals surface area contributed by atoms with Crippen molar-refractivity contribution in [1.29, 1.82) is 0 Å². The Balaban J connectivity index is 2.28. The molecule has 0 aliphatic carbocycles. The van der Waals surface area contributed by atoms with Gasteiger partial charge in [0.25, 0.3) is 0 Å². The highest BCUT2D eigenvalue weighted by molar-refractivity contribution is 9.10. The van der Waals surface area contributed by atoms with Gasteiger partial charge in [0.15, 0.2) is 0 Å². The van der Waals surface area contributed by atoms with E-state index >= 15 is 0 Å². The fourth-order valence-corrected chi connectivity index (χ4v) is 5.09. The summed E-state index contributed by atoms with van der Waals surface area (Å²) in [6.45, 7) is 2.05. The minimum atomic E-state index is -3.53. The Morgan fingerprint density at radius 2 is 2.00 bits per heavy atom. The molecule has 0 spiro atoms. The van der Waals surface area contributed by atoms with Crippen molar-refractivity contribution in [1.82, 2.24) is 4.72 Å². The lowest BCUT2D eigenvalue weighted by Crippen LogP contribution is -2.28. The smallest absolute Gasteiger partial charge is 0.207 e. The molecule has 108 valence electrons. The minimum Gasteiger partial charge on any atom is -0.207 e. The number of sulfonamides is 1. The lowest BCUT2D eigenvalue weighted by atomic mass is 10.1. The quantitative estimate of drug-likeness (QED) is 0.818. The van der Waals surface area contributed by atoms with Crippen LogP contribution in [0.1, 0.15) is 30.7 Å². The molecule has 1 unspecified atom stereocenters. The first-order valence-corrected chi connectivity index (χ1v) is 9.50. The van der Waals surface area contributed by atoms with Gasteiger partial charge in [0, 0.05) is 9.35 Å². The Morgan fingerprint density at radius 1 is 1.25 bits per heavy atom. The number of hydrogen-bond acceptors (Lipinski definition) is 3. The van der Waals surface area contributed by atoms with Gasteiger partial charge in [0.05, 0.1) is 10.9 Å². The fraction of sp³-hybridized carbons (Fsp3) is 0.286. The summed E-state index contributed by atoms with van der Waals surface area (Å²) in [5.41, 5.74) is 0. The lowest BCUT2D eigenvalue weighted by molar-refractivity contribution is 0.540. The molecule has 6 heteroatoms. The van der Waals surface area contributed by atoms with Gasteiger partial charge in [0.1, 0.15) is 0 Å². The summed E-state index contributed by atoms with van der Waals surface area (Å²) in [5, 5.41) is 1.96. The maximum atomic E-state index is 12.5. The van der Waals surface area contributed by atoms with Gasteiger partial charge < -0.3 is 0 Å². The zero-order valence-electron chi connectivity index (χ0n) is 11.0. The molecular formula is C14H16BrNO2S2. The Morgan fingerprint density at radius 3 is 2.60 bits per heavy atom. The normalized spacial score (nSPS) is 13.3. The van der Waals surface area contributed by atoms with Crippen LogP contribution < -0.4 is 4.72 Å². The first-order chi connectivity index (χ1) is 9.54. The minimum absolute atomic E-state index is 0.169. The standard InChI is InChI=1S/C14H16BrNO2S2/c1-2-6-12(13-8-5-10-19-13)16-20(17,18)14-9-4-3-7-11(14)15/h3-5,7-10,12,16H,2,6H2,1H3. The molecule has 0 fully saturated rings. The highest BCUT2D eigenvalue weighted by Gasteiger charge is 2.23. The van der Waals surface area contributed by atoms with E-state index in [1.165, 1.54) is 0 Å². The molecule has 2 rings (SSSR count). The monoisotopic (exact) mass is 373 g/mol. The summed E-state index contributed by atoms with van der Waals surface area (Å²) in [7, 11) is -3.53. The Kier molecular flexibility index (Phi) is 5.37. The molecule has 3 nitrogen and oxygen atoms in total. The highest BCUT2D eigenvalue weighted by atomic mass is 79.9. The van der Waals surface area contributed by atoms with Crippen molar-refractivity contribution in [2.24, 2.45) is 0 Å². The van der Waals surface area contributed by atoms with Crippen LogP contribution in [-0.2, 0) is 10.0 Å². The SMILES string of the molecule is CCCC(NS(=O)(=O)c1ccccc1Br)c1cccs1. The van der Waals surface area contributed by atoms with Crippen LogP contribution in [0, 0.1) is 0 Å². The van der Waals surface area contributed by atoms with Crippen LogP contribution in [-0.4, -0.2) is 8.42 Å². The van der Waals surface area contributed by atoms with Crippen molar-refractivity contribution in [2.75, 3.05) is 0 Å². The highest BCUT2D eigenvalue weighted by Crippen LogP contribution is 2.27. The van der Waals surface area contributed by atoms with E-state index in [9.17, 15) is 8.42 Å². The summed E-state index contributed by atoms with van der Waals surface area (Å²) in [6.07, 6.45) is 1.70. The molecule has 0 bridgehead atoms. The first-order valence-electron chi connectivity index (χ1n) is 6.35. The second-order valence-electron chi connectivity index (χ2n) is 4.41. The number of nitrogens with one attached hydrogen (secondary N) is 1. The molecule has 2 aromatic rings. The number of hydrogen-bond donors (Lipinski definition) is 1. The molecule has 0 aliphatic rings. The van der Waals surface area contributed by atoms with Gasteiger partial charge in [-0.25, -0.2) is 13.1 Å². The lowest BCUT2D eigenvalue weighted by Gasteiger charge is -2.17. The van der Waals surface area contributed by atoms with Crippen molar-refractivity contribution in [3.63, 3.8) is 0 Å². The Labute approximate surface area is 132 Å². The van der Waals surface area contributed by atoms with E-state index in [2.05, 4.69) is 20.7 Å². The molecule has 0 saturated heterocycles. The van der Waals surface area contributed by atoms with E-state index in [0.29, 0.717) is 4.47 Å². The van der Waals surface area contributed by atoms with Gasteiger partial charge in [-0.2, -0.15) is 0 Å². The van der Waals surface area contributed by atoms with Crippen LogP contribution in [0.25, 0.3) is 0 Å². The first kappa shape index (κ1) is 15.7. The van der Waals surface area contributed by atoms with Crippen molar-refractivity contribution < 1.29 is 8.42 Å². The molecule has 1 heterocycles. The van der Waals surface area contributed by atoms with E-state index in [1.807, 2.05) is 24.4 Å². The van der Waals surface area contributed by atoms with Gasteiger partial charge in [-0.1, -0.05) is 31.5 Å². The van der Waals surface area contributed by atoms with Crippen molar-refractivity contribution in [3.05, 3.63) is 51.1 Å². The third-order valence-corrected chi connectivity index (χ3v) is 6.36. The Bertz CT molecular complexity index is 654. The van der Waals surface area contributed by atoms with Gasteiger partial charge in [-0.15, -0.1) is 11.3 Å². The third kappa shape index (κ3) is 3.69. The molecular weight excluding hydrogens is 358 g/mol. The van der Waals surface area contributed by atoms with E-state index in [0.717, 1.165) is 17.7 Å². The zero-order chi connectivity index (χ0) is 14.6. The van der Waals surface area contributed by atoms with Gasteiger partial charge in [0.2, 0.25) is 10.0 Å². The molecule has 0 saturated carbocycles. The molecule has 20 heavy (non-hydrogen) atoms. The number of benzene rings is 1. The summed E-state index contributed by atoms with van der Waals surface area (Å²) in [4.78, 5) is 1.32. The average molecular weight is 374 g/mol. The summed E-state index contributed by atoms with van der Waals surface area (Å²) >= 11 is 4.87. The fourth-order valence-electron chi connectivity index (χ4n) is 1.95. The predicted molar refractivity (Wildman–Crippen MR) is 86.4 cm³/mol. The van der Waals surface area contributed by atoms with Crippen LogP contribution in [0.15, 0.2) is 51.1 Å². The number of thiophene rings is 1. The number of rotatable bonds is 6. The second kappa shape index (κ2) is 6.85. The molecule has 0 aliphatic heterocycles. The van der Waals surface area contributed by atoms with Crippen molar-refractivity contribution in [2.45, 2.75) is 30.7 Å². The van der Waals surface area contributed by atoms with Crippen LogP contribution in [0.2, 0.25) is 0 Å². The predicted octanol–water partition coefficient (Wildman–Crippen LogP) is 4.33. The van der Waals surface area contributed by atoms with E-state index in [4.69, 9.17) is 0 Å². The third-order valence-electron chi connectivity index (χ3n) is 2.89. The summed E-state index contributed by atoms with van der Waals surface area (Å²) in [6, 6.07) is 10.6. The van der Waals surface area contributed by atoms with Crippen molar-refractivity contribution in [3.8, 4) is 0 Å². The number of halogens is 1. The van der Waals surface area contributed by atoms with E-state index < -0.39 is 10.0 Å². The maximum absolute atomic E-state index is 12.5. The molecule has 1 aromatic heterocycles. The van der Waals surface area contributed by atoms with Gasteiger partial charge in [-0.05, 0) is 45.9 Å². The summed E-state index contributed by atoms with van der Waals surface area (Å²) in [5.74, 6) is 0. The van der Waals surface area contributed by atoms with Gasteiger partial charge in [-0.3, -0.25) is 0 Å². The molecule has 0 radical (unpaired) electrons.